The molecule has 2 heterocycles. The van der Waals surface area contributed by atoms with Gasteiger partial charge in [0.1, 0.15) is 12.1 Å². The smallest absolute Gasteiger partial charge is 0.319 e. The third kappa shape index (κ3) is 4.13. The normalized spacial score (nSPS) is 17.6. The summed E-state index contributed by atoms with van der Waals surface area (Å²) >= 11 is 1.39. The summed E-state index contributed by atoms with van der Waals surface area (Å²) in [6.07, 6.45) is 0. The minimum atomic E-state index is -1.24. The fraction of sp³-hybridized carbons (Fsp3) is 0.214. The third-order valence-corrected chi connectivity index (χ3v) is 7.48. The van der Waals surface area contributed by atoms with Crippen molar-refractivity contribution in [3.05, 3.63) is 90.0 Å². The molecule has 1 aliphatic heterocycles. The number of imide groups is 1. The summed E-state index contributed by atoms with van der Waals surface area (Å²) in [6.45, 7) is 5.46. The zero-order chi connectivity index (χ0) is 25.4. The number of carbonyl (C=O) groups is 3. The fourth-order valence-electron chi connectivity index (χ4n) is 4.34. The summed E-state index contributed by atoms with van der Waals surface area (Å²) in [5, 5.41) is 3.25. The molecule has 3 aromatic carbocycles. The highest BCUT2D eigenvalue weighted by molar-refractivity contribution is 7.22. The molecule has 1 atom stereocenters. The van der Waals surface area contributed by atoms with E-state index in [0.29, 0.717) is 22.3 Å². The third-order valence-electron chi connectivity index (χ3n) is 6.46. The quantitative estimate of drug-likeness (QED) is 0.353. The zero-order valence-electron chi connectivity index (χ0n) is 20.3. The Morgan fingerprint density at radius 2 is 1.67 bits per heavy atom. The van der Waals surface area contributed by atoms with Gasteiger partial charge in [-0.15, -0.1) is 0 Å². The molecule has 7 nitrogen and oxygen atoms in total. The first kappa shape index (κ1) is 23.7. The van der Waals surface area contributed by atoms with Crippen LogP contribution in [-0.2, 0) is 15.1 Å². The van der Waals surface area contributed by atoms with Crippen LogP contribution in [-0.4, -0.2) is 34.3 Å². The van der Waals surface area contributed by atoms with Crippen molar-refractivity contribution in [3.63, 3.8) is 0 Å². The summed E-state index contributed by atoms with van der Waals surface area (Å²) < 4.78 is 0.941. The molecule has 0 saturated carbocycles. The Hall–Kier alpha value is -4.04. The number of anilines is 2. The second-order valence-electron chi connectivity index (χ2n) is 9.25. The van der Waals surface area contributed by atoms with Crippen molar-refractivity contribution < 1.29 is 14.4 Å². The van der Waals surface area contributed by atoms with E-state index in [1.54, 1.807) is 19.1 Å². The van der Waals surface area contributed by atoms with E-state index in [1.165, 1.54) is 16.2 Å². The van der Waals surface area contributed by atoms with E-state index >= 15 is 0 Å². The van der Waals surface area contributed by atoms with Crippen molar-refractivity contribution in [2.75, 3.05) is 11.4 Å². The van der Waals surface area contributed by atoms with E-state index in [2.05, 4.69) is 24.1 Å². The molecule has 1 saturated heterocycles. The van der Waals surface area contributed by atoms with Gasteiger partial charge in [0.2, 0.25) is 0 Å². The van der Waals surface area contributed by atoms with Gasteiger partial charge >= 0.3 is 6.03 Å². The van der Waals surface area contributed by atoms with Crippen LogP contribution in [0.25, 0.3) is 10.2 Å². The maximum absolute atomic E-state index is 13.8. The van der Waals surface area contributed by atoms with Gasteiger partial charge in [-0.25, -0.2) is 9.78 Å². The van der Waals surface area contributed by atoms with Crippen LogP contribution in [0.1, 0.15) is 37.8 Å². The van der Waals surface area contributed by atoms with Crippen LogP contribution in [0.2, 0.25) is 0 Å². The van der Waals surface area contributed by atoms with Crippen molar-refractivity contribution in [1.29, 1.82) is 0 Å². The van der Waals surface area contributed by atoms with Crippen molar-refractivity contribution in [2.24, 2.45) is 0 Å². The van der Waals surface area contributed by atoms with Crippen LogP contribution in [0.4, 0.5) is 15.6 Å². The van der Waals surface area contributed by atoms with Gasteiger partial charge in [0.15, 0.2) is 5.13 Å². The maximum atomic E-state index is 13.8. The SMILES string of the molecule is CC(C)c1ccc(N(C(=O)CN2C(=O)NC(C)(c3ccccc3)C2=O)c2nc3ccccc3s2)cc1. The number of nitrogens with one attached hydrogen (secondary N) is 1. The Morgan fingerprint density at radius 3 is 2.33 bits per heavy atom. The van der Waals surface area contributed by atoms with Gasteiger partial charge in [0, 0.05) is 0 Å². The monoisotopic (exact) mass is 498 g/mol. The lowest BCUT2D eigenvalue weighted by molar-refractivity contribution is -0.134. The molecule has 5 rings (SSSR count). The van der Waals surface area contributed by atoms with Gasteiger partial charge in [-0.3, -0.25) is 19.4 Å². The van der Waals surface area contributed by atoms with E-state index in [4.69, 9.17) is 0 Å². The minimum Gasteiger partial charge on any atom is -0.319 e. The topological polar surface area (TPSA) is 82.6 Å². The fourth-order valence-corrected chi connectivity index (χ4v) is 5.34. The minimum absolute atomic E-state index is 0.340. The van der Waals surface area contributed by atoms with Crippen molar-refractivity contribution in [2.45, 2.75) is 32.2 Å². The van der Waals surface area contributed by atoms with E-state index in [1.807, 2.05) is 66.7 Å². The number of para-hydroxylation sites is 1. The Labute approximate surface area is 213 Å². The van der Waals surface area contributed by atoms with Crippen LogP contribution < -0.4 is 10.2 Å². The highest BCUT2D eigenvalue weighted by Crippen LogP contribution is 2.35. The molecule has 0 spiro atoms. The summed E-state index contributed by atoms with van der Waals surface area (Å²) in [7, 11) is 0. The van der Waals surface area contributed by atoms with E-state index in [0.717, 1.165) is 20.7 Å². The van der Waals surface area contributed by atoms with E-state index < -0.39 is 29.9 Å². The van der Waals surface area contributed by atoms with Gasteiger partial charge < -0.3 is 5.32 Å². The Bertz CT molecular complexity index is 1420. The molecule has 0 bridgehead atoms. The zero-order valence-corrected chi connectivity index (χ0v) is 21.1. The van der Waals surface area contributed by atoms with E-state index in [-0.39, 0.29) is 0 Å². The first-order valence-corrected chi connectivity index (χ1v) is 12.6. The number of aromatic nitrogens is 1. The number of nitrogens with zero attached hydrogens (tertiary/aromatic N) is 3. The van der Waals surface area contributed by atoms with Crippen LogP contribution in [0.3, 0.4) is 0 Å². The summed E-state index contributed by atoms with van der Waals surface area (Å²) in [5.41, 5.74) is 1.97. The Kier molecular flexibility index (Phi) is 6.05. The number of hydrogen-bond donors (Lipinski definition) is 1. The van der Waals surface area contributed by atoms with Crippen LogP contribution in [0.15, 0.2) is 78.9 Å². The van der Waals surface area contributed by atoms with Gasteiger partial charge in [-0.05, 0) is 48.2 Å². The molecule has 8 heteroatoms. The lowest BCUT2D eigenvalue weighted by Crippen LogP contribution is -2.43. The molecule has 0 aliphatic carbocycles. The molecule has 1 aliphatic rings. The van der Waals surface area contributed by atoms with Crippen LogP contribution in [0, 0.1) is 0 Å². The van der Waals surface area contributed by atoms with Crippen molar-refractivity contribution in [1.82, 2.24) is 15.2 Å². The first-order chi connectivity index (χ1) is 17.3. The van der Waals surface area contributed by atoms with Crippen LogP contribution >= 0.6 is 11.3 Å². The molecule has 182 valence electrons. The molecule has 4 amide bonds. The van der Waals surface area contributed by atoms with Gasteiger partial charge in [0.05, 0.1) is 15.9 Å². The molecule has 36 heavy (non-hydrogen) atoms. The molecular weight excluding hydrogens is 472 g/mol. The number of amides is 4. The number of carbonyl (C=O) groups excluding carboxylic acids is 3. The predicted octanol–water partition coefficient (Wildman–Crippen LogP) is 5.55. The standard InChI is InChI=1S/C28H26N4O3S/c1-18(2)19-13-15-21(16-14-19)32(27-29-22-11-7-8-12-23(22)36-27)24(33)17-31-25(34)28(3,30-26(31)35)20-9-5-4-6-10-20/h4-16,18H,17H2,1-3H3,(H,30,35). The average molecular weight is 499 g/mol. The molecule has 1 unspecified atom stereocenters. The lowest BCUT2D eigenvalue weighted by Gasteiger charge is -2.24. The number of benzene rings is 3. The average Bonchev–Trinajstić information content (AvgIpc) is 3.39. The van der Waals surface area contributed by atoms with Crippen molar-refractivity contribution >= 4 is 50.2 Å². The van der Waals surface area contributed by atoms with Crippen molar-refractivity contribution in [3.8, 4) is 0 Å². The molecule has 4 aromatic rings. The molecule has 1 fully saturated rings. The molecule has 1 aromatic heterocycles. The number of thiazole rings is 1. The summed E-state index contributed by atoms with van der Waals surface area (Å²) in [4.78, 5) is 47.2. The van der Waals surface area contributed by atoms with Gasteiger partial charge in [0.25, 0.3) is 11.8 Å². The second-order valence-corrected chi connectivity index (χ2v) is 10.3. The highest BCUT2D eigenvalue weighted by atomic mass is 32.1. The Balaban J connectivity index is 1.49. The number of rotatable bonds is 6. The van der Waals surface area contributed by atoms with Crippen LogP contribution in [0.5, 0.6) is 0 Å². The highest BCUT2D eigenvalue weighted by Gasteiger charge is 2.49. The molecule has 1 N–H and O–H groups in total. The maximum Gasteiger partial charge on any atom is 0.325 e. The number of fused-ring (bicyclic) bond motifs is 1. The molecule has 0 radical (unpaired) electrons. The van der Waals surface area contributed by atoms with Gasteiger partial charge in [-0.2, -0.15) is 0 Å². The Morgan fingerprint density at radius 1 is 1.00 bits per heavy atom. The second kappa shape index (κ2) is 9.20. The molecular formula is C28H26N4O3S. The number of hydrogen-bond acceptors (Lipinski definition) is 5. The van der Waals surface area contributed by atoms with Gasteiger partial charge in [-0.1, -0.05) is 79.8 Å². The van der Waals surface area contributed by atoms with E-state index in [9.17, 15) is 14.4 Å². The summed E-state index contributed by atoms with van der Waals surface area (Å²) in [6, 6.07) is 23.8. The largest absolute Gasteiger partial charge is 0.325 e. The summed E-state index contributed by atoms with van der Waals surface area (Å²) in [5.74, 6) is -0.550. The lowest BCUT2D eigenvalue weighted by atomic mass is 9.92. The first-order valence-electron chi connectivity index (χ1n) is 11.8. The predicted molar refractivity (Wildman–Crippen MR) is 141 cm³/mol. The number of urea groups is 1.